The highest BCUT2D eigenvalue weighted by atomic mass is 32.1. The maximum Gasteiger partial charge on any atom is 0.224 e. The molecule has 0 bridgehead atoms. The van der Waals surface area contributed by atoms with Crippen molar-refractivity contribution in [3.8, 4) is 17.2 Å². The van der Waals surface area contributed by atoms with Crippen LogP contribution in [0.3, 0.4) is 0 Å². The van der Waals surface area contributed by atoms with Gasteiger partial charge in [-0.3, -0.25) is 9.36 Å². The molecule has 140 valence electrons. The van der Waals surface area contributed by atoms with E-state index in [-0.39, 0.29) is 5.91 Å². The monoisotopic (exact) mass is 383 g/mol. The van der Waals surface area contributed by atoms with Crippen LogP contribution in [0.25, 0.3) is 5.69 Å². The van der Waals surface area contributed by atoms with E-state index >= 15 is 0 Å². The van der Waals surface area contributed by atoms with Crippen molar-refractivity contribution in [2.75, 3.05) is 19.5 Å². The zero-order valence-corrected chi connectivity index (χ0v) is 16.0. The molecule has 0 spiro atoms. The van der Waals surface area contributed by atoms with Crippen molar-refractivity contribution in [1.82, 2.24) is 9.55 Å². The lowest BCUT2D eigenvalue weighted by atomic mass is 10.1. The molecule has 1 heterocycles. The molecular weight excluding hydrogens is 362 g/mol. The SMILES string of the molecule is COc1ccc(OC)c(CCC(=O)Nc2cccc(-n3cc[nH]c3=S)c2)c1. The summed E-state index contributed by atoms with van der Waals surface area (Å²) in [4.78, 5) is 15.3. The number of carbonyl (C=O) groups is 1. The first kappa shape index (κ1) is 18.7. The van der Waals surface area contributed by atoms with Gasteiger partial charge in [0.15, 0.2) is 4.77 Å². The Morgan fingerprint density at radius 1 is 1.19 bits per heavy atom. The lowest BCUT2D eigenvalue weighted by molar-refractivity contribution is -0.116. The number of carbonyl (C=O) groups excluding carboxylic acids is 1. The zero-order chi connectivity index (χ0) is 19.2. The molecule has 2 N–H and O–H groups in total. The number of hydrogen-bond donors (Lipinski definition) is 2. The molecule has 3 aromatic rings. The van der Waals surface area contributed by atoms with Gasteiger partial charge >= 0.3 is 0 Å². The first-order valence-electron chi connectivity index (χ1n) is 8.48. The summed E-state index contributed by atoms with van der Waals surface area (Å²) in [6, 6.07) is 13.1. The smallest absolute Gasteiger partial charge is 0.224 e. The summed E-state index contributed by atoms with van der Waals surface area (Å²) in [7, 11) is 3.23. The van der Waals surface area contributed by atoms with Crippen LogP contribution in [0.1, 0.15) is 12.0 Å². The van der Waals surface area contributed by atoms with Gasteiger partial charge in [-0.1, -0.05) is 6.07 Å². The standard InChI is InChI=1S/C20H21N3O3S/c1-25-17-7-8-18(26-2)14(12-17)6-9-19(24)22-15-4-3-5-16(13-15)23-11-10-21-20(23)27/h3-5,7-8,10-13H,6,9H2,1-2H3,(H,21,27)(H,22,24). The number of imidazole rings is 1. The van der Waals surface area contributed by atoms with Gasteiger partial charge in [0.05, 0.1) is 14.2 Å². The van der Waals surface area contributed by atoms with Crippen LogP contribution in [-0.2, 0) is 11.2 Å². The van der Waals surface area contributed by atoms with Gasteiger partial charge in [0, 0.05) is 30.2 Å². The minimum absolute atomic E-state index is 0.0744. The third-order valence-corrected chi connectivity index (χ3v) is 4.48. The van der Waals surface area contributed by atoms with Gasteiger partial charge in [-0.25, -0.2) is 0 Å². The van der Waals surface area contributed by atoms with Crippen molar-refractivity contribution in [2.24, 2.45) is 0 Å². The zero-order valence-electron chi connectivity index (χ0n) is 15.2. The lowest BCUT2D eigenvalue weighted by Crippen LogP contribution is -2.13. The number of ether oxygens (including phenoxy) is 2. The molecule has 1 aromatic heterocycles. The third kappa shape index (κ3) is 4.57. The van der Waals surface area contributed by atoms with Crippen LogP contribution in [0, 0.1) is 4.77 Å². The van der Waals surface area contributed by atoms with Crippen molar-refractivity contribution in [1.29, 1.82) is 0 Å². The third-order valence-electron chi connectivity index (χ3n) is 4.17. The number of methoxy groups -OCH3 is 2. The number of amides is 1. The summed E-state index contributed by atoms with van der Waals surface area (Å²) in [6.45, 7) is 0. The molecule has 1 amide bonds. The molecule has 27 heavy (non-hydrogen) atoms. The topological polar surface area (TPSA) is 68.3 Å². The number of anilines is 1. The summed E-state index contributed by atoms with van der Waals surface area (Å²) in [5.41, 5.74) is 2.53. The van der Waals surface area contributed by atoms with Gasteiger partial charge < -0.3 is 19.8 Å². The Morgan fingerprint density at radius 3 is 2.74 bits per heavy atom. The molecule has 0 radical (unpaired) electrons. The van der Waals surface area contributed by atoms with Gasteiger partial charge in [0.2, 0.25) is 5.91 Å². The quantitative estimate of drug-likeness (QED) is 0.602. The van der Waals surface area contributed by atoms with Gasteiger partial charge in [0.25, 0.3) is 0 Å². The van der Waals surface area contributed by atoms with Crippen molar-refractivity contribution >= 4 is 23.8 Å². The summed E-state index contributed by atoms with van der Waals surface area (Å²) < 4.78 is 13.0. The van der Waals surface area contributed by atoms with Gasteiger partial charge in [-0.05, 0) is 60.6 Å². The number of hydrogen-bond acceptors (Lipinski definition) is 4. The number of nitrogens with zero attached hydrogens (tertiary/aromatic N) is 1. The first-order chi connectivity index (χ1) is 13.1. The Morgan fingerprint density at radius 2 is 2.04 bits per heavy atom. The number of aromatic amines is 1. The van der Waals surface area contributed by atoms with E-state index in [0.29, 0.717) is 17.6 Å². The maximum atomic E-state index is 12.4. The predicted molar refractivity (Wildman–Crippen MR) is 107 cm³/mol. The molecule has 0 aliphatic heterocycles. The largest absolute Gasteiger partial charge is 0.497 e. The Kier molecular flexibility index (Phi) is 5.93. The first-order valence-corrected chi connectivity index (χ1v) is 8.89. The van der Waals surface area contributed by atoms with E-state index in [0.717, 1.165) is 28.4 Å². The van der Waals surface area contributed by atoms with Crippen LogP contribution < -0.4 is 14.8 Å². The number of benzene rings is 2. The predicted octanol–water partition coefficient (Wildman–Crippen LogP) is 4.12. The highest BCUT2D eigenvalue weighted by Crippen LogP contribution is 2.25. The Hall–Kier alpha value is -3.06. The summed E-state index contributed by atoms with van der Waals surface area (Å²) in [5, 5.41) is 2.93. The lowest BCUT2D eigenvalue weighted by Gasteiger charge is -2.11. The number of H-pyrrole nitrogens is 1. The van der Waals surface area contributed by atoms with Crippen molar-refractivity contribution in [2.45, 2.75) is 12.8 Å². The second kappa shape index (κ2) is 8.55. The van der Waals surface area contributed by atoms with E-state index in [2.05, 4.69) is 10.3 Å². The molecule has 6 nitrogen and oxygen atoms in total. The Bertz CT molecular complexity index is 994. The molecule has 0 saturated heterocycles. The van der Waals surface area contributed by atoms with Crippen LogP contribution >= 0.6 is 12.2 Å². The fraction of sp³-hybridized carbons (Fsp3) is 0.200. The van der Waals surface area contributed by atoms with Gasteiger partial charge in [0.1, 0.15) is 11.5 Å². The molecule has 0 atom stereocenters. The van der Waals surface area contributed by atoms with Gasteiger partial charge in [-0.2, -0.15) is 0 Å². The maximum absolute atomic E-state index is 12.4. The van der Waals surface area contributed by atoms with E-state index < -0.39 is 0 Å². The van der Waals surface area contributed by atoms with E-state index in [9.17, 15) is 4.79 Å². The molecule has 0 aliphatic rings. The molecule has 7 heteroatoms. The van der Waals surface area contributed by atoms with Crippen molar-refractivity contribution in [3.05, 3.63) is 65.2 Å². The number of nitrogens with one attached hydrogen (secondary N) is 2. The fourth-order valence-corrected chi connectivity index (χ4v) is 3.04. The van der Waals surface area contributed by atoms with Gasteiger partial charge in [-0.15, -0.1) is 0 Å². The molecule has 0 saturated carbocycles. The molecular formula is C20H21N3O3S. The number of rotatable bonds is 7. The normalized spacial score (nSPS) is 10.4. The average molecular weight is 383 g/mol. The van der Waals surface area contributed by atoms with Crippen molar-refractivity contribution < 1.29 is 14.3 Å². The molecule has 0 unspecified atom stereocenters. The molecule has 0 fully saturated rings. The minimum Gasteiger partial charge on any atom is -0.497 e. The van der Waals surface area contributed by atoms with E-state index in [1.165, 1.54) is 0 Å². The second-order valence-corrected chi connectivity index (χ2v) is 6.30. The Labute approximate surface area is 162 Å². The Balaban J connectivity index is 1.67. The molecule has 2 aromatic carbocycles. The van der Waals surface area contributed by atoms with E-state index in [1.54, 1.807) is 20.4 Å². The highest BCUT2D eigenvalue weighted by Gasteiger charge is 2.09. The number of aromatic nitrogens is 2. The van der Waals surface area contributed by atoms with Crippen LogP contribution in [0.15, 0.2) is 54.9 Å². The van der Waals surface area contributed by atoms with Crippen LogP contribution in [0.5, 0.6) is 11.5 Å². The van der Waals surface area contributed by atoms with Crippen LogP contribution in [-0.4, -0.2) is 29.7 Å². The van der Waals surface area contributed by atoms with E-state index in [4.69, 9.17) is 21.7 Å². The van der Waals surface area contributed by atoms with Crippen LogP contribution in [0.2, 0.25) is 0 Å². The van der Waals surface area contributed by atoms with E-state index in [1.807, 2.05) is 53.2 Å². The fourth-order valence-electron chi connectivity index (χ4n) is 2.81. The minimum atomic E-state index is -0.0744. The molecule has 0 aliphatic carbocycles. The van der Waals surface area contributed by atoms with Crippen molar-refractivity contribution in [3.63, 3.8) is 0 Å². The number of aryl methyl sites for hydroxylation is 1. The summed E-state index contributed by atoms with van der Waals surface area (Å²) >= 11 is 5.24. The summed E-state index contributed by atoms with van der Waals surface area (Å²) in [5.74, 6) is 1.41. The summed E-state index contributed by atoms with van der Waals surface area (Å²) in [6.07, 6.45) is 4.50. The van der Waals surface area contributed by atoms with Crippen LogP contribution in [0.4, 0.5) is 5.69 Å². The highest BCUT2D eigenvalue weighted by molar-refractivity contribution is 7.71. The average Bonchev–Trinajstić information content (AvgIpc) is 3.12. The second-order valence-electron chi connectivity index (χ2n) is 5.91. The molecule has 3 rings (SSSR count).